The zero-order valence-corrected chi connectivity index (χ0v) is 16.9. The lowest BCUT2D eigenvalue weighted by atomic mass is 9.88. The van der Waals surface area contributed by atoms with Crippen molar-refractivity contribution in [1.29, 1.82) is 0 Å². The molecule has 0 saturated heterocycles. The van der Waals surface area contributed by atoms with Crippen molar-refractivity contribution in [3.05, 3.63) is 51.7 Å². The van der Waals surface area contributed by atoms with Gasteiger partial charge in [0.15, 0.2) is 0 Å². The van der Waals surface area contributed by atoms with Gasteiger partial charge in [0.1, 0.15) is 11.5 Å². The van der Waals surface area contributed by atoms with Crippen molar-refractivity contribution in [2.45, 2.75) is 32.7 Å². The van der Waals surface area contributed by atoms with E-state index in [1.807, 2.05) is 20.8 Å². The highest BCUT2D eigenvalue weighted by molar-refractivity contribution is 7.09. The number of carbonyl (C=O) groups excluding carboxylic acids is 1. The van der Waals surface area contributed by atoms with Crippen molar-refractivity contribution >= 4 is 42.1 Å². The van der Waals surface area contributed by atoms with Crippen LogP contribution >= 0.6 is 36.2 Å². The summed E-state index contributed by atoms with van der Waals surface area (Å²) in [5.74, 6) is -0.306. The smallest absolute Gasteiger partial charge is 0.271 e. The summed E-state index contributed by atoms with van der Waals surface area (Å²) in [4.78, 5) is 16.7. The van der Waals surface area contributed by atoms with Crippen LogP contribution in [-0.2, 0) is 6.42 Å². The van der Waals surface area contributed by atoms with Gasteiger partial charge in [0.25, 0.3) is 5.91 Å². The highest BCUT2D eigenvalue weighted by atomic mass is 35.5. The first-order valence-corrected chi connectivity index (χ1v) is 8.44. The van der Waals surface area contributed by atoms with Crippen LogP contribution in [0.2, 0.25) is 0 Å². The predicted molar refractivity (Wildman–Crippen MR) is 106 cm³/mol. The van der Waals surface area contributed by atoms with E-state index < -0.39 is 5.54 Å². The highest BCUT2D eigenvalue weighted by Gasteiger charge is 2.29. The van der Waals surface area contributed by atoms with Crippen LogP contribution in [0, 0.1) is 11.7 Å². The molecule has 0 aliphatic heterocycles. The molecule has 8 heteroatoms. The number of nitrogens with one attached hydrogen (secondary N) is 1. The minimum atomic E-state index is -0.480. The Bertz CT molecular complexity index is 696. The fraction of sp³-hybridized carbons (Fsp3) is 0.412. The van der Waals surface area contributed by atoms with E-state index in [-0.39, 0.29) is 42.5 Å². The van der Waals surface area contributed by atoms with Gasteiger partial charge in [-0.15, -0.1) is 36.2 Å². The topological polar surface area (TPSA) is 68.0 Å². The molecule has 3 N–H and O–H groups in total. The van der Waals surface area contributed by atoms with Gasteiger partial charge in [0.05, 0.1) is 10.5 Å². The van der Waals surface area contributed by atoms with E-state index in [0.29, 0.717) is 29.2 Å². The molecular formula is C17H24Cl2FN3OS. The summed E-state index contributed by atoms with van der Waals surface area (Å²) in [7, 11) is 0. The lowest BCUT2D eigenvalue weighted by Gasteiger charge is -2.33. The summed E-state index contributed by atoms with van der Waals surface area (Å²) in [5, 5.41) is 5.36. The third kappa shape index (κ3) is 5.92. The average molecular weight is 408 g/mol. The number of thiazole rings is 1. The first-order valence-electron chi connectivity index (χ1n) is 7.56. The van der Waals surface area contributed by atoms with Gasteiger partial charge in [-0.3, -0.25) is 4.79 Å². The first-order chi connectivity index (χ1) is 10.9. The molecule has 2 aromatic rings. The van der Waals surface area contributed by atoms with E-state index in [2.05, 4.69) is 10.3 Å². The summed E-state index contributed by atoms with van der Waals surface area (Å²) < 4.78 is 13.7. The van der Waals surface area contributed by atoms with Gasteiger partial charge in [0, 0.05) is 18.3 Å². The van der Waals surface area contributed by atoms with Crippen molar-refractivity contribution in [2.75, 3.05) is 6.54 Å². The van der Waals surface area contributed by atoms with Crippen molar-refractivity contribution in [2.24, 2.45) is 11.7 Å². The fourth-order valence-electron chi connectivity index (χ4n) is 2.06. The van der Waals surface area contributed by atoms with Crippen molar-refractivity contribution in [1.82, 2.24) is 10.3 Å². The standard InChI is InChI=1S/C17H22FN3OS.2ClH/c1-11(2)17(3,10-19)21-16(22)14-9-23-15(20-14)8-12-6-4-5-7-13(12)18;;/h4-7,9,11H,8,10,19H2,1-3H3,(H,21,22);2*1H. The van der Waals surface area contributed by atoms with E-state index in [1.54, 1.807) is 23.6 Å². The van der Waals surface area contributed by atoms with E-state index in [0.717, 1.165) is 0 Å². The van der Waals surface area contributed by atoms with Crippen LogP contribution in [-0.4, -0.2) is 23.0 Å². The summed E-state index contributed by atoms with van der Waals surface area (Å²) in [6, 6.07) is 6.58. The van der Waals surface area contributed by atoms with Crippen LogP contribution in [0.25, 0.3) is 0 Å². The number of hydrogen-bond donors (Lipinski definition) is 2. The number of amides is 1. The van der Waals surface area contributed by atoms with Gasteiger partial charge < -0.3 is 11.1 Å². The molecule has 1 atom stereocenters. The molecule has 0 spiro atoms. The van der Waals surface area contributed by atoms with E-state index in [9.17, 15) is 9.18 Å². The monoisotopic (exact) mass is 407 g/mol. The second-order valence-electron chi connectivity index (χ2n) is 6.13. The van der Waals surface area contributed by atoms with Gasteiger partial charge in [-0.1, -0.05) is 32.0 Å². The van der Waals surface area contributed by atoms with Crippen LogP contribution in [0.15, 0.2) is 29.6 Å². The zero-order chi connectivity index (χ0) is 17.0. The molecule has 140 valence electrons. The molecule has 1 amide bonds. The molecule has 1 unspecified atom stereocenters. The lowest BCUT2D eigenvalue weighted by molar-refractivity contribution is 0.0878. The Morgan fingerprint density at radius 1 is 1.36 bits per heavy atom. The van der Waals surface area contributed by atoms with Crippen molar-refractivity contribution in [3.8, 4) is 0 Å². The Hall–Kier alpha value is -1.21. The Morgan fingerprint density at radius 3 is 2.56 bits per heavy atom. The molecule has 0 bridgehead atoms. The van der Waals surface area contributed by atoms with Crippen LogP contribution in [0.1, 0.15) is 41.8 Å². The lowest BCUT2D eigenvalue weighted by Crippen LogP contribution is -2.55. The van der Waals surface area contributed by atoms with E-state index in [1.165, 1.54) is 17.4 Å². The molecule has 0 aliphatic rings. The molecule has 1 aromatic heterocycles. The fourth-order valence-corrected chi connectivity index (χ4v) is 2.85. The summed E-state index contributed by atoms with van der Waals surface area (Å²) in [6.07, 6.45) is 0.378. The number of nitrogens with zero attached hydrogens (tertiary/aromatic N) is 1. The molecular weight excluding hydrogens is 384 g/mol. The summed E-state index contributed by atoms with van der Waals surface area (Å²) >= 11 is 1.35. The SMILES string of the molecule is CC(C)C(C)(CN)NC(=O)c1csc(Cc2ccccc2F)n1.Cl.Cl. The molecule has 0 radical (unpaired) electrons. The third-order valence-electron chi connectivity index (χ3n) is 4.18. The number of hydrogen-bond acceptors (Lipinski definition) is 4. The quantitative estimate of drug-likeness (QED) is 0.764. The first kappa shape index (κ1) is 23.8. The Morgan fingerprint density at radius 2 is 2.00 bits per heavy atom. The molecule has 1 aromatic carbocycles. The van der Waals surface area contributed by atoms with Crippen LogP contribution in [0.4, 0.5) is 4.39 Å². The molecule has 2 rings (SSSR count). The van der Waals surface area contributed by atoms with Gasteiger partial charge in [-0.05, 0) is 24.5 Å². The van der Waals surface area contributed by atoms with E-state index in [4.69, 9.17) is 5.73 Å². The molecule has 25 heavy (non-hydrogen) atoms. The minimum Gasteiger partial charge on any atom is -0.344 e. The largest absolute Gasteiger partial charge is 0.344 e. The van der Waals surface area contributed by atoms with Crippen LogP contribution < -0.4 is 11.1 Å². The molecule has 0 fully saturated rings. The molecule has 0 saturated carbocycles. The zero-order valence-electron chi connectivity index (χ0n) is 14.4. The highest BCUT2D eigenvalue weighted by Crippen LogP contribution is 2.19. The Labute approximate surface area is 164 Å². The maximum atomic E-state index is 13.7. The Balaban J connectivity index is 0.00000288. The second kappa shape index (κ2) is 10.1. The predicted octanol–water partition coefficient (Wildman–Crippen LogP) is 3.82. The van der Waals surface area contributed by atoms with Crippen molar-refractivity contribution < 1.29 is 9.18 Å². The van der Waals surface area contributed by atoms with E-state index >= 15 is 0 Å². The Kier molecular flexibility index (Phi) is 9.58. The number of carbonyl (C=O) groups is 1. The van der Waals surface area contributed by atoms with Gasteiger partial charge in [-0.2, -0.15) is 0 Å². The number of nitrogens with two attached hydrogens (primary N) is 1. The third-order valence-corrected chi connectivity index (χ3v) is 5.03. The summed E-state index contributed by atoms with van der Waals surface area (Å²) in [5.41, 5.74) is 6.23. The van der Waals surface area contributed by atoms with Crippen LogP contribution in [0.3, 0.4) is 0 Å². The average Bonchev–Trinajstić information content (AvgIpc) is 2.98. The van der Waals surface area contributed by atoms with Gasteiger partial charge >= 0.3 is 0 Å². The van der Waals surface area contributed by atoms with Gasteiger partial charge in [-0.25, -0.2) is 9.37 Å². The van der Waals surface area contributed by atoms with Gasteiger partial charge in [0.2, 0.25) is 0 Å². The van der Waals surface area contributed by atoms with Crippen molar-refractivity contribution in [3.63, 3.8) is 0 Å². The molecule has 4 nitrogen and oxygen atoms in total. The number of rotatable bonds is 6. The maximum Gasteiger partial charge on any atom is 0.271 e. The number of halogens is 3. The minimum absolute atomic E-state index is 0. The maximum absolute atomic E-state index is 13.7. The molecule has 0 aliphatic carbocycles. The summed E-state index contributed by atoms with van der Waals surface area (Å²) in [6.45, 7) is 6.29. The molecule has 1 heterocycles. The van der Waals surface area contributed by atoms with Crippen LogP contribution in [0.5, 0.6) is 0 Å². The number of aromatic nitrogens is 1. The number of benzene rings is 1. The second-order valence-corrected chi connectivity index (χ2v) is 7.07. The normalized spacial score (nSPS) is 12.7.